The number of nitrogens with one attached hydrogen (secondary N) is 1. The van der Waals surface area contributed by atoms with Crippen LogP contribution in [0.3, 0.4) is 0 Å². The van der Waals surface area contributed by atoms with Gasteiger partial charge in [0.25, 0.3) is 5.91 Å². The number of nitrogens with two attached hydrogens (primary N) is 1. The smallest absolute Gasteiger partial charge is 0.489 e. The molecule has 10 heteroatoms. The van der Waals surface area contributed by atoms with Crippen molar-refractivity contribution >= 4 is 11.9 Å². The number of amides is 1. The number of aliphatic carboxylic acids is 1. The Hall–Kier alpha value is -2.62. The third-order valence-corrected chi connectivity index (χ3v) is 2.62. The van der Waals surface area contributed by atoms with Crippen molar-refractivity contribution in [1.29, 1.82) is 0 Å². The van der Waals surface area contributed by atoms with Gasteiger partial charge in [-0.15, -0.1) is 0 Å². The van der Waals surface area contributed by atoms with Gasteiger partial charge in [-0.05, 0) is 38.1 Å². The van der Waals surface area contributed by atoms with Crippen molar-refractivity contribution in [1.82, 2.24) is 5.32 Å². The molecule has 1 amide bonds. The fraction of sp³-hybridized carbons (Fsp3) is 0.375. The van der Waals surface area contributed by atoms with Crippen LogP contribution in [-0.4, -0.2) is 42.4 Å². The number of carbonyl (C=O) groups is 2. The molecule has 146 valence electrons. The number of hydrogen-bond acceptors (Lipinski definition) is 4. The van der Waals surface area contributed by atoms with E-state index in [-0.39, 0.29) is 25.1 Å². The van der Waals surface area contributed by atoms with Crippen LogP contribution in [0.2, 0.25) is 0 Å². The summed E-state index contributed by atoms with van der Waals surface area (Å²) in [5.41, 5.74) is 6.25. The van der Waals surface area contributed by atoms with Crippen LogP contribution in [0, 0.1) is 0 Å². The molecule has 26 heavy (non-hydrogen) atoms. The Bertz CT molecular complexity index is 614. The van der Waals surface area contributed by atoms with Crippen molar-refractivity contribution in [2.24, 2.45) is 5.73 Å². The fourth-order valence-electron chi connectivity index (χ4n) is 1.36. The van der Waals surface area contributed by atoms with E-state index >= 15 is 0 Å². The normalized spacial score (nSPS) is 11.5. The van der Waals surface area contributed by atoms with Gasteiger partial charge < -0.3 is 20.9 Å². The van der Waals surface area contributed by atoms with Crippen LogP contribution >= 0.6 is 0 Å². The maximum absolute atomic E-state index is 12.3. The summed E-state index contributed by atoms with van der Waals surface area (Å²) < 4.78 is 49.4. The molecule has 0 bridgehead atoms. The zero-order valence-electron chi connectivity index (χ0n) is 14.1. The van der Waals surface area contributed by atoms with Crippen LogP contribution in [0.4, 0.5) is 17.6 Å². The summed E-state index contributed by atoms with van der Waals surface area (Å²) in [6.07, 6.45) is -4.63. The quantitative estimate of drug-likeness (QED) is 0.659. The van der Waals surface area contributed by atoms with Crippen LogP contribution in [0.1, 0.15) is 24.2 Å². The largest absolute Gasteiger partial charge is 0.490 e. The van der Waals surface area contributed by atoms with E-state index in [4.69, 9.17) is 20.4 Å². The summed E-state index contributed by atoms with van der Waals surface area (Å²) in [6, 6.07) is 6.75. The van der Waals surface area contributed by atoms with Gasteiger partial charge in [-0.25, -0.2) is 9.18 Å². The summed E-state index contributed by atoms with van der Waals surface area (Å²) >= 11 is 0. The summed E-state index contributed by atoms with van der Waals surface area (Å²) in [6.45, 7) is 4.01. The van der Waals surface area contributed by atoms with Crippen molar-refractivity contribution in [2.45, 2.75) is 26.1 Å². The Morgan fingerprint density at radius 1 is 1.27 bits per heavy atom. The number of carboxylic acids is 1. The Morgan fingerprint density at radius 3 is 2.12 bits per heavy atom. The number of rotatable bonds is 6. The molecule has 0 aliphatic heterocycles. The molecule has 0 atom stereocenters. The van der Waals surface area contributed by atoms with Crippen molar-refractivity contribution in [3.8, 4) is 5.75 Å². The topological polar surface area (TPSA) is 102 Å². The highest BCUT2D eigenvalue weighted by molar-refractivity contribution is 5.94. The summed E-state index contributed by atoms with van der Waals surface area (Å²) in [5.74, 6) is -2.32. The minimum Gasteiger partial charge on any atom is -0.489 e. The number of benzene rings is 1. The molecule has 6 nitrogen and oxygen atoms in total. The summed E-state index contributed by atoms with van der Waals surface area (Å²) in [7, 11) is 0. The monoisotopic (exact) mass is 380 g/mol. The van der Waals surface area contributed by atoms with Gasteiger partial charge in [0.05, 0.1) is 6.33 Å². The number of ether oxygens (including phenoxy) is 1. The van der Waals surface area contributed by atoms with E-state index in [9.17, 15) is 22.4 Å². The van der Waals surface area contributed by atoms with E-state index in [1.807, 2.05) is 13.8 Å². The minimum atomic E-state index is -5.08. The van der Waals surface area contributed by atoms with Gasteiger partial charge in [0.1, 0.15) is 12.4 Å². The standard InChI is InChI=1S/C14H19FN2O2.C2HF3O2/c1-10(2)17-14(18)12-3-5-13(6-4-12)19-9-11(7-15)8-16;3-2(4,5)1(6)7/h3-7,10H,8-9,16H2,1-2H3,(H,17,18);(H,6,7)/b11-7+;. The number of hydrogen-bond donors (Lipinski definition) is 3. The van der Waals surface area contributed by atoms with E-state index in [1.165, 1.54) is 0 Å². The molecule has 0 aliphatic rings. The highest BCUT2D eigenvalue weighted by Crippen LogP contribution is 2.14. The SMILES string of the molecule is CC(C)NC(=O)c1ccc(OC/C(=C/F)CN)cc1.O=C(O)C(F)(F)F. The first-order valence-electron chi connectivity index (χ1n) is 7.33. The Labute approximate surface area is 147 Å². The Balaban J connectivity index is 0.000000758. The number of carboxylic acid groups (broad SMARTS) is 1. The van der Waals surface area contributed by atoms with Crippen LogP contribution in [0.25, 0.3) is 0 Å². The lowest BCUT2D eigenvalue weighted by Crippen LogP contribution is -2.29. The molecule has 1 rings (SSSR count). The molecule has 0 spiro atoms. The van der Waals surface area contributed by atoms with Gasteiger partial charge >= 0.3 is 12.1 Å². The molecule has 1 aromatic rings. The minimum absolute atomic E-state index is 0.0882. The highest BCUT2D eigenvalue weighted by atomic mass is 19.4. The summed E-state index contributed by atoms with van der Waals surface area (Å²) in [5, 5.41) is 9.92. The van der Waals surface area contributed by atoms with Crippen molar-refractivity contribution in [2.75, 3.05) is 13.2 Å². The maximum Gasteiger partial charge on any atom is 0.490 e. The van der Waals surface area contributed by atoms with Gasteiger partial charge in [-0.1, -0.05) is 0 Å². The van der Waals surface area contributed by atoms with Crippen LogP contribution < -0.4 is 15.8 Å². The van der Waals surface area contributed by atoms with Gasteiger partial charge in [0.2, 0.25) is 0 Å². The third-order valence-electron chi connectivity index (χ3n) is 2.62. The number of alkyl halides is 3. The van der Waals surface area contributed by atoms with E-state index in [2.05, 4.69) is 5.32 Å². The molecular formula is C16H20F4N2O4. The molecule has 4 N–H and O–H groups in total. The van der Waals surface area contributed by atoms with E-state index < -0.39 is 12.1 Å². The summed E-state index contributed by atoms with van der Waals surface area (Å²) in [4.78, 5) is 20.6. The van der Waals surface area contributed by atoms with Crippen LogP contribution in [-0.2, 0) is 4.79 Å². The molecule has 1 aromatic carbocycles. The molecular weight excluding hydrogens is 360 g/mol. The number of carbonyl (C=O) groups excluding carboxylic acids is 1. The lowest BCUT2D eigenvalue weighted by Gasteiger charge is -2.10. The van der Waals surface area contributed by atoms with Crippen molar-refractivity contribution in [3.05, 3.63) is 41.7 Å². The fourth-order valence-corrected chi connectivity index (χ4v) is 1.36. The van der Waals surface area contributed by atoms with Gasteiger partial charge in [-0.3, -0.25) is 4.79 Å². The van der Waals surface area contributed by atoms with Crippen molar-refractivity contribution < 1.29 is 37.0 Å². The Morgan fingerprint density at radius 2 is 1.77 bits per heavy atom. The molecule has 0 heterocycles. The predicted octanol–water partition coefficient (Wildman–Crippen LogP) is 2.65. The average molecular weight is 380 g/mol. The van der Waals surface area contributed by atoms with Gasteiger partial charge in [0, 0.05) is 23.7 Å². The highest BCUT2D eigenvalue weighted by Gasteiger charge is 2.38. The van der Waals surface area contributed by atoms with Crippen LogP contribution in [0.15, 0.2) is 36.2 Å². The average Bonchev–Trinajstić information content (AvgIpc) is 2.55. The lowest BCUT2D eigenvalue weighted by atomic mass is 10.2. The first-order valence-corrected chi connectivity index (χ1v) is 7.33. The molecule has 0 fully saturated rings. The maximum atomic E-state index is 12.3. The van der Waals surface area contributed by atoms with Crippen molar-refractivity contribution in [3.63, 3.8) is 0 Å². The van der Waals surface area contributed by atoms with E-state index in [0.29, 0.717) is 23.2 Å². The molecule has 0 saturated heterocycles. The molecule has 0 radical (unpaired) electrons. The second kappa shape index (κ2) is 11.1. The van der Waals surface area contributed by atoms with Gasteiger partial charge in [0.15, 0.2) is 0 Å². The third kappa shape index (κ3) is 9.62. The zero-order chi connectivity index (χ0) is 20.3. The number of halogens is 4. The van der Waals surface area contributed by atoms with Gasteiger partial charge in [-0.2, -0.15) is 13.2 Å². The van der Waals surface area contributed by atoms with E-state index in [1.54, 1.807) is 24.3 Å². The lowest BCUT2D eigenvalue weighted by molar-refractivity contribution is -0.192. The second-order valence-corrected chi connectivity index (χ2v) is 5.22. The van der Waals surface area contributed by atoms with E-state index in [0.717, 1.165) is 0 Å². The molecule has 0 aromatic heterocycles. The zero-order valence-corrected chi connectivity index (χ0v) is 14.1. The molecule has 0 unspecified atom stereocenters. The molecule has 0 saturated carbocycles. The second-order valence-electron chi connectivity index (χ2n) is 5.22. The first kappa shape index (κ1) is 23.4. The predicted molar refractivity (Wildman–Crippen MR) is 86.5 cm³/mol. The first-order chi connectivity index (χ1) is 12.0. The Kier molecular flexibility index (Phi) is 9.97. The van der Waals surface area contributed by atoms with Crippen LogP contribution in [0.5, 0.6) is 5.75 Å². The molecule has 0 aliphatic carbocycles.